The van der Waals surface area contributed by atoms with Crippen LogP contribution in [0.2, 0.25) is 5.02 Å². The highest BCUT2D eigenvalue weighted by molar-refractivity contribution is 6.30. The molecule has 0 bridgehead atoms. The molecule has 0 saturated heterocycles. The van der Waals surface area contributed by atoms with E-state index in [1.54, 1.807) is 30.7 Å². The van der Waals surface area contributed by atoms with E-state index in [1.165, 1.54) is 0 Å². The normalized spacial score (nSPS) is 10.4. The summed E-state index contributed by atoms with van der Waals surface area (Å²) in [5.74, 6) is 0.320. The predicted octanol–water partition coefficient (Wildman–Crippen LogP) is 4.15. The smallest absolute Gasteiger partial charge is 0.255 e. The molecular formula is C20H19ClN4O. The van der Waals surface area contributed by atoms with Crippen LogP contribution in [0.1, 0.15) is 21.5 Å². The van der Waals surface area contributed by atoms with Crippen molar-refractivity contribution in [1.82, 2.24) is 15.3 Å². The third kappa shape index (κ3) is 4.58. The number of amides is 1. The highest BCUT2D eigenvalue weighted by Gasteiger charge is 2.13. The van der Waals surface area contributed by atoms with Gasteiger partial charge < -0.3 is 10.6 Å². The van der Waals surface area contributed by atoms with Crippen molar-refractivity contribution < 1.29 is 4.79 Å². The SMILES string of the molecule is Cc1ccc(Cl)cc1Nc1ncccc1C(=O)NCCc1cccnc1. The highest BCUT2D eigenvalue weighted by Crippen LogP contribution is 2.24. The maximum atomic E-state index is 12.6. The Labute approximate surface area is 157 Å². The van der Waals surface area contributed by atoms with Crippen molar-refractivity contribution in [2.45, 2.75) is 13.3 Å². The Hall–Kier alpha value is -2.92. The van der Waals surface area contributed by atoms with Crippen LogP contribution in [0, 0.1) is 6.92 Å². The number of carbonyl (C=O) groups excluding carboxylic acids is 1. The molecule has 1 aromatic carbocycles. The lowest BCUT2D eigenvalue weighted by atomic mass is 10.1. The van der Waals surface area contributed by atoms with Gasteiger partial charge in [-0.25, -0.2) is 4.98 Å². The Balaban J connectivity index is 1.70. The zero-order chi connectivity index (χ0) is 18.4. The fraction of sp³-hybridized carbons (Fsp3) is 0.150. The topological polar surface area (TPSA) is 66.9 Å². The Bertz CT molecular complexity index is 899. The lowest BCUT2D eigenvalue weighted by Gasteiger charge is -2.13. The predicted molar refractivity (Wildman–Crippen MR) is 104 cm³/mol. The van der Waals surface area contributed by atoms with Gasteiger partial charge in [-0.2, -0.15) is 0 Å². The van der Waals surface area contributed by atoms with Crippen molar-refractivity contribution in [3.63, 3.8) is 0 Å². The molecule has 0 spiro atoms. The quantitative estimate of drug-likeness (QED) is 0.687. The van der Waals surface area contributed by atoms with Crippen LogP contribution in [0.3, 0.4) is 0 Å². The van der Waals surface area contributed by atoms with Gasteiger partial charge in [0.25, 0.3) is 5.91 Å². The third-order valence-electron chi connectivity index (χ3n) is 3.93. The number of rotatable bonds is 6. The van der Waals surface area contributed by atoms with Gasteiger partial charge in [0.1, 0.15) is 5.82 Å². The van der Waals surface area contributed by atoms with E-state index in [0.29, 0.717) is 22.9 Å². The molecule has 5 nitrogen and oxygen atoms in total. The molecule has 0 aliphatic rings. The monoisotopic (exact) mass is 366 g/mol. The lowest BCUT2D eigenvalue weighted by Crippen LogP contribution is -2.26. The van der Waals surface area contributed by atoms with E-state index in [2.05, 4.69) is 20.6 Å². The Kier molecular flexibility index (Phi) is 5.81. The molecule has 2 aromatic heterocycles. The number of halogens is 1. The third-order valence-corrected chi connectivity index (χ3v) is 4.16. The van der Waals surface area contributed by atoms with Crippen LogP contribution in [-0.2, 0) is 6.42 Å². The second-order valence-electron chi connectivity index (χ2n) is 5.85. The van der Waals surface area contributed by atoms with Gasteiger partial charge in [0, 0.05) is 35.8 Å². The average Bonchev–Trinajstić information content (AvgIpc) is 2.66. The van der Waals surface area contributed by atoms with Gasteiger partial charge in [0.15, 0.2) is 0 Å². The molecule has 0 aliphatic carbocycles. The first-order valence-electron chi connectivity index (χ1n) is 8.29. The summed E-state index contributed by atoms with van der Waals surface area (Å²) in [6.07, 6.45) is 5.89. The van der Waals surface area contributed by atoms with Crippen LogP contribution in [-0.4, -0.2) is 22.4 Å². The molecule has 3 aromatic rings. The fourth-order valence-electron chi connectivity index (χ4n) is 2.51. The van der Waals surface area contributed by atoms with Crippen LogP contribution in [0.5, 0.6) is 0 Å². The number of aryl methyl sites for hydroxylation is 1. The zero-order valence-electron chi connectivity index (χ0n) is 14.4. The second-order valence-corrected chi connectivity index (χ2v) is 6.29. The minimum absolute atomic E-state index is 0.177. The molecule has 2 heterocycles. The van der Waals surface area contributed by atoms with E-state index in [-0.39, 0.29) is 5.91 Å². The first-order valence-corrected chi connectivity index (χ1v) is 8.66. The fourth-order valence-corrected chi connectivity index (χ4v) is 2.68. The Morgan fingerprint density at radius 3 is 2.81 bits per heavy atom. The van der Waals surface area contributed by atoms with E-state index in [0.717, 1.165) is 23.2 Å². The van der Waals surface area contributed by atoms with Crippen molar-refractivity contribution in [1.29, 1.82) is 0 Å². The number of hydrogen-bond acceptors (Lipinski definition) is 4. The van der Waals surface area contributed by atoms with E-state index >= 15 is 0 Å². The van der Waals surface area contributed by atoms with Crippen LogP contribution >= 0.6 is 11.6 Å². The van der Waals surface area contributed by atoms with Crippen molar-refractivity contribution in [3.8, 4) is 0 Å². The van der Waals surface area contributed by atoms with E-state index in [1.807, 2.05) is 37.3 Å². The van der Waals surface area contributed by atoms with Gasteiger partial charge in [-0.1, -0.05) is 23.7 Å². The summed E-state index contributed by atoms with van der Waals surface area (Å²) in [6.45, 7) is 2.49. The zero-order valence-corrected chi connectivity index (χ0v) is 15.1. The summed E-state index contributed by atoms with van der Waals surface area (Å²) in [6, 6.07) is 12.9. The molecule has 3 rings (SSSR count). The van der Waals surface area contributed by atoms with Crippen molar-refractivity contribution in [2.24, 2.45) is 0 Å². The van der Waals surface area contributed by atoms with E-state index < -0.39 is 0 Å². The number of pyridine rings is 2. The summed E-state index contributed by atoms with van der Waals surface area (Å²) in [5, 5.41) is 6.75. The second kappa shape index (κ2) is 8.45. The molecule has 2 N–H and O–H groups in total. The maximum Gasteiger partial charge on any atom is 0.255 e. The largest absolute Gasteiger partial charge is 0.352 e. The van der Waals surface area contributed by atoms with Gasteiger partial charge in [-0.3, -0.25) is 9.78 Å². The Morgan fingerprint density at radius 2 is 2.00 bits per heavy atom. The number of anilines is 2. The summed E-state index contributed by atoms with van der Waals surface area (Å²) >= 11 is 6.07. The van der Waals surface area contributed by atoms with Gasteiger partial charge in [-0.05, 0) is 54.8 Å². The minimum atomic E-state index is -0.177. The summed E-state index contributed by atoms with van der Waals surface area (Å²) in [7, 11) is 0. The Morgan fingerprint density at radius 1 is 1.15 bits per heavy atom. The van der Waals surface area contributed by atoms with Crippen LogP contribution < -0.4 is 10.6 Å². The number of benzene rings is 1. The molecule has 26 heavy (non-hydrogen) atoms. The van der Waals surface area contributed by atoms with Crippen molar-refractivity contribution >= 4 is 29.0 Å². The van der Waals surface area contributed by atoms with Crippen molar-refractivity contribution in [2.75, 3.05) is 11.9 Å². The highest BCUT2D eigenvalue weighted by atomic mass is 35.5. The number of aromatic nitrogens is 2. The molecule has 0 fully saturated rings. The molecule has 0 saturated carbocycles. The summed E-state index contributed by atoms with van der Waals surface area (Å²) in [5.41, 5.74) is 3.40. The number of nitrogens with zero attached hydrogens (tertiary/aromatic N) is 2. The van der Waals surface area contributed by atoms with Gasteiger partial charge in [0.2, 0.25) is 0 Å². The molecule has 0 unspecified atom stereocenters. The minimum Gasteiger partial charge on any atom is -0.352 e. The van der Waals surface area contributed by atoms with Crippen LogP contribution in [0.4, 0.5) is 11.5 Å². The standard InChI is InChI=1S/C20H19ClN4O/c1-14-6-7-16(21)12-18(14)25-19-17(5-3-10-23-19)20(26)24-11-8-15-4-2-9-22-13-15/h2-7,9-10,12-13H,8,11H2,1H3,(H,23,25)(H,24,26). The maximum absolute atomic E-state index is 12.6. The van der Waals surface area contributed by atoms with Gasteiger partial charge in [0.05, 0.1) is 5.56 Å². The molecule has 0 aliphatic heterocycles. The lowest BCUT2D eigenvalue weighted by molar-refractivity contribution is 0.0954. The van der Waals surface area contributed by atoms with Crippen molar-refractivity contribution in [3.05, 3.63) is 82.8 Å². The van der Waals surface area contributed by atoms with Crippen LogP contribution in [0.15, 0.2) is 61.1 Å². The number of nitrogens with one attached hydrogen (secondary N) is 2. The first-order chi connectivity index (χ1) is 12.6. The molecule has 0 radical (unpaired) electrons. The molecular weight excluding hydrogens is 348 g/mol. The molecule has 6 heteroatoms. The average molecular weight is 367 g/mol. The molecule has 132 valence electrons. The van der Waals surface area contributed by atoms with Gasteiger partial charge >= 0.3 is 0 Å². The van der Waals surface area contributed by atoms with E-state index in [9.17, 15) is 4.79 Å². The summed E-state index contributed by atoms with van der Waals surface area (Å²) in [4.78, 5) is 20.9. The first kappa shape index (κ1) is 17.9. The van der Waals surface area contributed by atoms with Crippen LogP contribution in [0.25, 0.3) is 0 Å². The van der Waals surface area contributed by atoms with E-state index in [4.69, 9.17) is 11.6 Å². The molecule has 1 amide bonds. The number of hydrogen-bond donors (Lipinski definition) is 2. The molecule has 0 atom stereocenters. The van der Waals surface area contributed by atoms with Gasteiger partial charge in [-0.15, -0.1) is 0 Å². The number of carbonyl (C=O) groups is 1. The summed E-state index contributed by atoms with van der Waals surface area (Å²) < 4.78 is 0.